The van der Waals surface area contributed by atoms with Crippen molar-refractivity contribution in [3.8, 4) is 0 Å². The number of carbonyl (C=O) groups is 2. The fourth-order valence-electron chi connectivity index (χ4n) is 3.78. The third-order valence-corrected chi connectivity index (χ3v) is 5.51. The summed E-state index contributed by atoms with van der Waals surface area (Å²) in [5.41, 5.74) is 1.98. The van der Waals surface area contributed by atoms with E-state index in [2.05, 4.69) is 30.9 Å². The number of urea groups is 1. The van der Waals surface area contributed by atoms with E-state index in [4.69, 9.17) is 4.74 Å². The molecule has 3 N–H and O–H groups in total. The number of rotatable bonds is 5. The average Bonchev–Trinajstić information content (AvgIpc) is 2.89. The maximum absolute atomic E-state index is 14.6. The highest BCUT2D eigenvalue weighted by Crippen LogP contribution is 2.23. The first-order valence-corrected chi connectivity index (χ1v) is 11.1. The lowest BCUT2D eigenvalue weighted by Gasteiger charge is -2.22. The van der Waals surface area contributed by atoms with Gasteiger partial charge < -0.3 is 20.7 Å². The quantitative estimate of drug-likeness (QED) is 0.364. The molecule has 5 rings (SSSR count). The van der Waals surface area contributed by atoms with Crippen molar-refractivity contribution in [3.05, 3.63) is 89.5 Å². The topological polar surface area (TPSA) is 118 Å². The second-order valence-electron chi connectivity index (χ2n) is 8.06. The predicted octanol–water partition coefficient (Wildman–Crippen LogP) is 3.84. The number of hydrogen-bond acceptors (Lipinski definition) is 7. The van der Waals surface area contributed by atoms with Gasteiger partial charge in [0.25, 0.3) is 0 Å². The zero-order valence-electron chi connectivity index (χ0n) is 18.8. The SMILES string of the molecule is O=C(Nc1cncc(F)c1)Nc1ccc(F)c(C(=O)c2ccc3ncc(C4CNCCO4)nc3c2)c1. The largest absolute Gasteiger partial charge is 0.369 e. The van der Waals surface area contributed by atoms with Crippen LogP contribution in [0.5, 0.6) is 0 Å². The molecular formula is C25H20F2N6O3. The van der Waals surface area contributed by atoms with Gasteiger partial charge in [0.05, 0.1) is 53.2 Å². The number of hydrogen-bond donors (Lipinski definition) is 3. The molecule has 0 spiro atoms. The minimum absolute atomic E-state index is 0.136. The number of nitrogens with zero attached hydrogens (tertiary/aromatic N) is 3. The third-order valence-electron chi connectivity index (χ3n) is 5.51. The number of anilines is 2. The molecule has 0 aliphatic carbocycles. The normalized spacial score (nSPS) is 15.4. The smallest absolute Gasteiger partial charge is 0.323 e. The van der Waals surface area contributed by atoms with Crippen LogP contribution in [0.3, 0.4) is 0 Å². The van der Waals surface area contributed by atoms with Gasteiger partial charge >= 0.3 is 6.03 Å². The maximum atomic E-state index is 14.6. The number of ketones is 1. The van der Waals surface area contributed by atoms with Crippen molar-refractivity contribution in [3.63, 3.8) is 0 Å². The van der Waals surface area contributed by atoms with E-state index < -0.39 is 23.4 Å². The van der Waals surface area contributed by atoms with Crippen molar-refractivity contribution in [2.45, 2.75) is 6.10 Å². The Morgan fingerprint density at radius 3 is 2.64 bits per heavy atom. The Morgan fingerprint density at radius 1 is 0.972 bits per heavy atom. The molecule has 36 heavy (non-hydrogen) atoms. The van der Waals surface area contributed by atoms with Crippen LogP contribution in [0, 0.1) is 11.6 Å². The van der Waals surface area contributed by atoms with Gasteiger partial charge in [-0.2, -0.15) is 0 Å². The molecule has 1 fully saturated rings. The lowest BCUT2D eigenvalue weighted by Crippen LogP contribution is -2.33. The molecule has 2 aromatic carbocycles. The fourth-order valence-corrected chi connectivity index (χ4v) is 3.78. The first kappa shape index (κ1) is 23.4. The van der Waals surface area contributed by atoms with E-state index in [1.165, 1.54) is 18.3 Å². The number of halogens is 2. The van der Waals surface area contributed by atoms with Gasteiger partial charge in [0.15, 0.2) is 5.78 Å². The summed E-state index contributed by atoms with van der Waals surface area (Å²) in [5.74, 6) is -1.95. The summed E-state index contributed by atoms with van der Waals surface area (Å²) in [6, 6.07) is 8.74. The van der Waals surface area contributed by atoms with Crippen molar-refractivity contribution in [1.29, 1.82) is 0 Å². The second kappa shape index (κ2) is 10.1. The lowest BCUT2D eigenvalue weighted by atomic mass is 10.0. The fraction of sp³-hybridized carbons (Fsp3) is 0.160. The van der Waals surface area contributed by atoms with Gasteiger partial charge in [-0.15, -0.1) is 0 Å². The van der Waals surface area contributed by atoms with Crippen LogP contribution in [0.25, 0.3) is 11.0 Å². The van der Waals surface area contributed by atoms with E-state index in [0.29, 0.717) is 29.9 Å². The number of aromatic nitrogens is 3. The number of nitrogens with one attached hydrogen (secondary N) is 3. The minimum Gasteiger partial charge on any atom is -0.369 e. The summed E-state index contributed by atoms with van der Waals surface area (Å²) >= 11 is 0. The number of ether oxygens (including phenoxy) is 1. The highest BCUT2D eigenvalue weighted by atomic mass is 19.1. The molecule has 0 radical (unpaired) electrons. The Kier molecular flexibility index (Phi) is 6.56. The van der Waals surface area contributed by atoms with Crippen molar-refractivity contribution >= 4 is 34.2 Å². The van der Waals surface area contributed by atoms with Gasteiger partial charge in [-0.1, -0.05) is 0 Å². The number of amides is 2. The second-order valence-corrected chi connectivity index (χ2v) is 8.06. The molecule has 3 heterocycles. The lowest BCUT2D eigenvalue weighted by molar-refractivity contribution is 0.0250. The predicted molar refractivity (Wildman–Crippen MR) is 128 cm³/mol. The molecule has 11 heteroatoms. The van der Waals surface area contributed by atoms with Gasteiger partial charge in [-0.25, -0.2) is 18.6 Å². The summed E-state index contributed by atoms with van der Waals surface area (Å²) < 4.78 is 33.6. The molecule has 1 saturated heterocycles. The molecule has 4 aromatic rings. The van der Waals surface area contributed by atoms with Crippen LogP contribution in [-0.4, -0.2) is 46.5 Å². The van der Waals surface area contributed by atoms with Crippen molar-refractivity contribution in [2.75, 3.05) is 30.3 Å². The Bertz CT molecular complexity index is 1460. The van der Waals surface area contributed by atoms with E-state index in [1.807, 2.05) is 0 Å². The van der Waals surface area contributed by atoms with Crippen molar-refractivity contribution in [1.82, 2.24) is 20.3 Å². The Balaban J connectivity index is 1.37. The third kappa shape index (κ3) is 5.16. The van der Waals surface area contributed by atoms with Crippen molar-refractivity contribution < 1.29 is 23.1 Å². The van der Waals surface area contributed by atoms with E-state index >= 15 is 0 Å². The number of morpholine rings is 1. The highest BCUT2D eigenvalue weighted by molar-refractivity contribution is 6.11. The van der Waals surface area contributed by atoms with Crippen LogP contribution >= 0.6 is 0 Å². The average molecular weight is 490 g/mol. The molecule has 1 unspecified atom stereocenters. The molecule has 2 amide bonds. The van der Waals surface area contributed by atoms with Gasteiger partial charge in [0.2, 0.25) is 0 Å². The zero-order chi connectivity index (χ0) is 25.1. The standard InChI is InChI=1S/C25H20F2N6O3/c26-15-8-17(11-29-10-15)32-25(35)31-16-2-3-19(27)18(9-16)24(34)14-1-4-20-21(7-14)33-22(12-30-20)23-13-28-5-6-36-23/h1-4,7-12,23,28H,5-6,13H2,(H2,31,32,35). The number of pyridine rings is 1. The van der Waals surface area contributed by atoms with Gasteiger partial charge in [0, 0.05) is 30.4 Å². The molecule has 0 saturated carbocycles. The van der Waals surface area contributed by atoms with E-state index in [1.54, 1.807) is 24.4 Å². The molecule has 0 bridgehead atoms. The molecular weight excluding hydrogens is 470 g/mol. The number of carbonyl (C=O) groups excluding carboxylic acids is 2. The number of benzene rings is 2. The Hall–Kier alpha value is -4.35. The van der Waals surface area contributed by atoms with Crippen LogP contribution < -0.4 is 16.0 Å². The van der Waals surface area contributed by atoms with E-state index in [-0.39, 0.29) is 28.6 Å². The van der Waals surface area contributed by atoms with Gasteiger partial charge in [0.1, 0.15) is 17.7 Å². The van der Waals surface area contributed by atoms with Crippen LogP contribution in [0.2, 0.25) is 0 Å². The van der Waals surface area contributed by atoms with Gasteiger partial charge in [-0.3, -0.25) is 14.8 Å². The molecule has 1 aliphatic rings. The molecule has 182 valence electrons. The maximum Gasteiger partial charge on any atom is 0.323 e. The van der Waals surface area contributed by atoms with E-state index in [9.17, 15) is 18.4 Å². The van der Waals surface area contributed by atoms with Crippen LogP contribution in [0.1, 0.15) is 27.7 Å². The molecule has 1 aliphatic heterocycles. The summed E-state index contributed by atoms with van der Waals surface area (Å²) in [6.45, 7) is 1.93. The van der Waals surface area contributed by atoms with E-state index in [0.717, 1.165) is 24.9 Å². The van der Waals surface area contributed by atoms with Crippen molar-refractivity contribution in [2.24, 2.45) is 0 Å². The Morgan fingerprint density at radius 2 is 1.83 bits per heavy atom. The zero-order valence-corrected chi connectivity index (χ0v) is 18.8. The summed E-state index contributed by atoms with van der Waals surface area (Å²) in [4.78, 5) is 38.1. The summed E-state index contributed by atoms with van der Waals surface area (Å²) in [6.07, 6.45) is 3.67. The van der Waals surface area contributed by atoms with Crippen LogP contribution in [0.15, 0.2) is 61.1 Å². The summed E-state index contributed by atoms with van der Waals surface area (Å²) in [5, 5.41) is 8.14. The van der Waals surface area contributed by atoms with Crippen LogP contribution in [-0.2, 0) is 4.74 Å². The number of fused-ring (bicyclic) bond motifs is 1. The monoisotopic (exact) mass is 490 g/mol. The van der Waals surface area contributed by atoms with Gasteiger partial charge in [-0.05, 0) is 36.4 Å². The first-order chi connectivity index (χ1) is 17.5. The molecule has 1 atom stereocenters. The minimum atomic E-state index is -0.748. The molecule has 2 aromatic heterocycles. The van der Waals surface area contributed by atoms with Crippen LogP contribution in [0.4, 0.5) is 25.0 Å². The summed E-state index contributed by atoms with van der Waals surface area (Å²) in [7, 11) is 0. The Labute approximate surface area is 203 Å². The first-order valence-electron chi connectivity index (χ1n) is 11.1. The highest BCUT2D eigenvalue weighted by Gasteiger charge is 2.20. The molecule has 9 nitrogen and oxygen atoms in total.